The standard InChI is InChI=1S/C16H30N2O3/c1-14(17-13-16(20)6-10-21-11-7-16)12-15(19)18-8-4-2-3-5-9-18/h14,17,20H,2-13H2,1H3. The summed E-state index contributed by atoms with van der Waals surface area (Å²) in [6, 6.07) is 0.104. The summed E-state index contributed by atoms with van der Waals surface area (Å²) in [5.74, 6) is 0.246. The molecule has 1 atom stereocenters. The van der Waals surface area contributed by atoms with Gasteiger partial charge >= 0.3 is 0 Å². The third-order valence-electron chi connectivity index (χ3n) is 4.64. The summed E-state index contributed by atoms with van der Waals surface area (Å²) >= 11 is 0. The maximum absolute atomic E-state index is 12.3. The maximum Gasteiger partial charge on any atom is 0.224 e. The highest BCUT2D eigenvalue weighted by molar-refractivity contribution is 5.76. The molecule has 0 radical (unpaired) electrons. The summed E-state index contributed by atoms with van der Waals surface area (Å²) in [7, 11) is 0. The van der Waals surface area contributed by atoms with Crippen LogP contribution in [0.25, 0.3) is 0 Å². The van der Waals surface area contributed by atoms with E-state index >= 15 is 0 Å². The van der Waals surface area contributed by atoms with Crippen molar-refractivity contribution in [3.63, 3.8) is 0 Å². The van der Waals surface area contributed by atoms with Crippen LogP contribution in [0.15, 0.2) is 0 Å². The Labute approximate surface area is 128 Å². The van der Waals surface area contributed by atoms with E-state index in [4.69, 9.17) is 4.74 Å². The number of nitrogens with one attached hydrogen (secondary N) is 1. The van der Waals surface area contributed by atoms with Crippen LogP contribution < -0.4 is 5.32 Å². The van der Waals surface area contributed by atoms with E-state index in [1.54, 1.807) is 0 Å². The van der Waals surface area contributed by atoms with Crippen LogP contribution in [-0.4, -0.2) is 60.4 Å². The van der Waals surface area contributed by atoms with Gasteiger partial charge in [-0.2, -0.15) is 0 Å². The number of ether oxygens (including phenoxy) is 1. The fourth-order valence-corrected chi connectivity index (χ4v) is 3.08. The molecule has 1 unspecified atom stereocenters. The molecule has 21 heavy (non-hydrogen) atoms. The number of carbonyl (C=O) groups is 1. The Hall–Kier alpha value is -0.650. The van der Waals surface area contributed by atoms with E-state index in [0.29, 0.717) is 39.0 Å². The summed E-state index contributed by atoms with van der Waals surface area (Å²) in [6.45, 7) is 5.64. The number of rotatable bonds is 5. The highest BCUT2D eigenvalue weighted by atomic mass is 16.5. The van der Waals surface area contributed by atoms with Crippen molar-refractivity contribution in [1.29, 1.82) is 0 Å². The molecule has 0 saturated carbocycles. The number of carbonyl (C=O) groups excluding carboxylic acids is 1. The molecule has 2 heterocycles. The molecule has 1 amide bonds. The van der Waals surface area contributed by atoms with Crippen molar-refractivity contribution >= 4 is 5.91 Å². The molecule has 0 aromatic rings. The lowest BCUT2D eigenvalue weighted by Crippen LogP contribution is -2.48. The minimum atomic E-state index is -0.668. The Bertz CT molecular complexity index is 321. The predicted octanol–water partition coefficient (Wildman–Crippen LogP) is 1.30. The molecule has 2 aliphatic rings. The minimum absolute atomic E-state index is 0.104. The van der Waals surface area contributed by atoms with Gasteiger partial charge in [0.2, 0.25) is 5.91 Å². The first kappa shape index (κ1) is 16.7. The molecule has 2 aliphatic heterocycles. The van der Waals surface area contributed by atoms with Crippen molar-refractivity contribution in [3.05, 3.63) is 0 Å². The fraction of sp³-hybridized carbons (Fsp3) is 0.938. The van der Waals surface area contributed by atoms with Crippen LogP contribution in [0.3, 0.4) is 0 Å². The van der Waals surface area contributed by atoms with Gasteiger partial charge in [0, 0.05) is 58.2 Å². The van der Waals surface area contributed by atoms with Crippen molar-refractivity contribution in [3.8, 4) is 0 Å². The van der Waals surface area contributed by atoms with Crippen molar-refractivity contribution in [2.75, 3.05) is 32.8 Å². The SMILES string of the molecule is CC(CC(=O)N1CCCCCC1)NCC1(O)CCOCC1. The zero-order valence-electron chi connectivity index (χ0n) is 13.3. The van der Waals surface area contributed by atoms with Gasteiger partial charge in [-0.3, -0.25) is 4.79 Å². The monoisotopic (exact) mass is 298 g/mol. The van der Waals surface area contributed by atoms with Gasteiger partial charge in [-0.05, 0) is 19.8 Å². The topological polar surface area (TPSA) is 61.8 Å². The number of hydrogen-bond donors (Lipinski definition) is 2. The number of hydrogen-bond acceptors (Lipinski definition) is 4. The summed E-state index contributed by atoms with van der Waals surface area (Å²) in [5.41, 5.74) is -0.668. The van der Waals surface area contributed by atoms with E-state index in [1.165, 1.54) is 12.8 Å². The second-order valence-electron chi connectivity index (χ2n) is 6.62. The second-order valence-corrected chi connectivity index (χ2v) is 6.62. The Morgan fingerprint density at radius 2 is 1.86 bits per heavy atom. The van der Waals surface area contributed by atoms with E-state index in [2.05, 4.69) is 5.32 Å². The lowest BCUT2D eigenvalue weighted by molar-refractivity contribution is -0.131. The van der Waals surface area contributed by atoms with Gasteiger partial charge in [0.15, 0.2) is 0 Å². The second kappa shape index (κ2) is 8.11. The van der Waals surface area contributed by atoms with E-state index in [9.17, 15) is 9.90 Å². The molecule has 0 aromatic carbocycles. The van der Waals surface area contributed by atoms with Gasteiger partial charge in [0.25, 0.3) is 0 Å². The third kappa shape index (κ3) is 5.57. The fourth-order valence-electron chi connectivity index (χ4n) is 3.08. The van der Waals surface area contributed by atoms with Gasteiger partial charge in [0.05, 0.1) is 5.60 Å². The van der Waals surface area contributed by atoms with Crippen LogP contribution in [0, 0.1) is 0 Å². The van der Waals surface area contributed by atoms with Crippen LogP contribution in [-0.2, 0) is 9.53 Å². The Kier molecular flexibility index (Phi) is 6.45. The van der Waals surface area contributed by atoms with Crippen LogP contribution >= 0.6 is 0 Å². The number of likely N-dealkylation sites (tertiary alicyclic amines) is 1. The van der Waals surface area contributed by atoms with Crippen LogP contribution in [0.4, 0.5) is 0 Å². The lowest BCUT2D eigenvalue weighted by atomic mass is 9.94. The quantitative estimate of drug-likeness (QED) is 0.803. The van der Waals surface area contributed by atoms with Crippen molar-refractivity contribution in [2.45, 2.75) is 63.5 Å². The van der Waals surface area contributed by atoms with E-state index in [-0.39, 0.29) is 11.9 Å². The molecular formula is C16H30N2O3. The normalized spacial score (nSPS) is 24.4. The van der Waals surface area contributed by atoms with Gasteiger partial charge < -0.3 is 20.1 Å². The van der Waals surface area contributed by atoms with Crippen molar-refractivity contribution < 1.29 is 14.6 Å². The lowest BCUT2D eigenvalue weighted by Gasteiger charge is -2.33. The molecule has 5 nitrogen and oxygen atoms in total. The number of nitrogens with zero attached hydrogens (tertiary/aromatic N) is 1. The average Bonchev–Trinajstić information content (AvgIpc) is 2.75. The van der Waals surface area contributed by atoms with Gasteiger partial charge in [-0.1, -0.05) is 12.8 Å². The smallest absolute Gasteiger partial charge is 0.224 e. The first-order chi connectivity index (χ1) is 10.1. The molecule has 2 rings (SSSR count). The number of aliphatic hydroxyl groups is 1. The summed E-state index contributed by atoms with van der Waals surface area (Å²) in [5, 5.41) is 13.7. The molecule has 122 valence electrons. The molecule has 2 fully saturated rings. The molecule has 5 heteroatoms. The zero-order chi connectivity index (χ0) is 15.1. The van der Waals surface area contributed by atoms with E-state index < -0.39 is 5.60 Å². The van der Waals surface area contributed by atoms with Crippen molar-refractivity contribution in [1.82, 2.24) is 10.2 Å². The summed E-state index contributed by atoms with van der Waals surface area (Å²) in [6.07, 6.45) is 6.62. The predicted molar refractivity (Wildman–Crippen MR) is 82.1 cm³/mol. The average molecular weight is 298 g/mol. The molecule has 0 aliphatic carbocycles. The Balaban J connectivity index is 1.70. The largest absolute Gasteiger partial charge is 0.388 e. The maximum atomic E-state index is 12.3. The van der Waals surface area contributed by atoms with Gasteiger partial charge in [0.1, 0.15) is 0 Å². The first-order valence-corrected chi connectivity index (χ1v) is 8.40. The summed E-state index contributed by atoms with van der Waals surface area (Å²) < 4.78 is 5.28. The molecular weight excluding hydrogens is 268 g/mol. The van der Waals surface area contributed by atoms with Crippen molar-refractivity contribution in [2.24, 2.45) is 0 Å². The third-order valence-corrected chi connectivity index (χ3v) is 4.64. The molecule has 2 saturated heterocycles. The molecule has 2 N–H and O–H groups in total. The zero-order valence-corrected chi connectivity index (χ0v) is 13.3. The summed E-state index contributed by atoms with van der Waals surface area (Å²) in [4.78, 5) is 14.3. The van der Waals surface area contributed by atoms with Crippen LogP contribution in [0.5, 0.6) is 0 Å². The molecule has 0 bridgehead atoms. The minimum Gasteiger partial charge on any atom is -0.388 e. The Morgan fingerprint density at radius 1 is 1.24 bits per heavy atom. The highest BCUT2D eigenvalue weighted by Crippen LogP contribution is 2.19. The molecule has 0 aromatic heterocycles. The Morgan fingerprint density at radius 3 is 2.48 bits per heavy atom. The molecule has 0 spiro atoms. The van der Waals surface area contributed by atoms with Crippen LogP contribution in [0.1, 0.15) is 51.9 Å². The van der Waals surface area contributed by atoms with Crippen LogP contribution in [0.2, 0.25) is 0 Å². The van der Waals surface area contributed by atoms with Gasteiger partial charge in [-0.25, -0.2) is 0 Å². The van der Waals surface area contributed by atoms with E-state index in [1.807, 2.05) is 11.8 Å². The van der Waals surface area contributed by atoms with E-state index in [0.717, 1.165) is 25.9 Å². The highest BCUT2D eigenvalue weighted by Gasteiger charge is 2.30. The first-order valence-electron chi connectivity index (χ1n) is 8.40. The van der Waals surface area contributed by atoms with Gasteiger partial charge in [-0.15, -0.1) is 0 Å². The number of amides is 1.